The molecule has 8 nitrogen and oxygen atoms in total. The Bertz CT molecular complexity index is 1580. The van der Waals surface area contributed by atoms with Crippen LogP contribution < -0.4 is 9.47 Å². The number of rotatable bonds is 6. The number of fused-ring (bicyclic) bond motifs is 2. The van der Waals surface area contributed by atoms with Gasteiger partial charge < -0.3 is 14.2 Å². The molecule has 0 bridgehead atoms. The highest BCUT2D eigenvalue weighted by molar-refractivity contribution is 5.76. The number of hydrogen-bond acceptors (Lipinski definition) is 7. The molecule has 40 heavy (non-hydrogen) atoms. The highest BCUT2D eigenvalue weighted by Crippen LogP contribution is 2.47. The highest BCUT2D eigenvalue weighted by Gasteiger charge is 2.38. The first kappa shape index (κ1) is 25.8. The number of aromatic nitrogens is 4. The van der Waals surface area contributed by atoms with Gasteiger partial charge in [0.2, 0.25) is 5.82 Å². The van der Waals surface area contributed by atoms with Crippen LogP contribution in [-0.2, 0) is 29.2 Å². The van der Waals surface area contributed by atoms with Crippen molar-refractivity contribution in [1.82, 2.24) is 20.2 Å². The Kier molecular flexibility index (Phi) is 6.44. The average molecular weight is 551 g/mol. The Balaban J connectivity index is 1.30. The van der Waals surface area contributed by atoms with E-state index in [9.17, 15) is 18.0 Å². The topological polar surface area (TPSA) is 88.4 Å². The maximum Gasteiger partial charge on any atom is 0.417 e. The third kappa shape index (κ3) is 4.76. The van der Waals surface area contributed by atoms with E-state index in [1.165, 1.54) is 18.0 Å². The first-order chi connectivity index (χ1) is 19.2. The van der Waals surface area contributed by atoms with Crippen molar-refractivity contribution in [2.24, 2.45) is 7.05 Å². The predicted molar refractivity (Wildman–Crippen MR) is 138 cm³/mol. The van der Waals surface area contributed by atoms with Gasteiger partial charge in [-0.25, -0.2) is 0 Å². The van der Waals surface area contributed by atoms with Crippen molar-refractivity contribution >= 4 is 5.97 Å². The van der Waals surface area contributed by atoms with Crippen molar-refractivity contribution in [3.8, 4) is 34.0 Å². The predicted octanol–water partition coefficient (Wildman–Crippen LogP) is 5.67. The van der Waals surface area contributed by atoms with E-state index in [0.29, 0.717) is 53.5 Å². The van der Waals surface area contributed by atoms with Gasteiger partial charge in [-0.15, -0.1) is 10.2 Å². The lowest BCUT2D eigenvalue weighted by Crippen LogP contribution is -2.10. The Morgan fingerprint density at radius 3 is 2.52 bits per heavy atom. The van der Waals surface area contributed by atoms with Gasteiger partial charge in [0.1, 0.15) is 17.6 Å². The molecule has 0 spiro atoms. The van der Waals surface area contributed by atoms with Crippen molar-refractivity contribution in [3.05, 3.63) is 76.9 Å². The fraction of sp³-hybridized carbons (Fsp3) is 0.310. The number of carbonyl (C=O) groups is 1. The van der Waals surface area contributed by atoms with Gasteiger partial charge in [0.25, 0.3) is 0 Å². The molecule has 1 aromatic heterocycles. The number of halogens is 3. The standard InChI is InChI=1S/C29H25F3N4O4/c1-36-34-28(33-35-36)17-5-3-16(4-6-17)27-22-10-12-24(21(22)9-11-23(27)29(30,31)32)40-19-7-8-20-18(13-26(37)38-2)15-39-25(20)14-19/h3-9,11,14,18,24H,10,12-13,15H2,1-2H3/t18?,24-/m1/s1. The molecule has 0 fully saturated rings. The lowest BCUT2D eigenvalue weighted by atomic mass is 9.91. The lowest BCUT2D eigenvalue weighted by molar-refractivity contribution is -0.141. The molecule has 1 aliphatic heterocycles. The fourth-order valence-corrected chi connectivity index (χ4v) is 5.49. The second-order valence-corrected chi connectivity index (χ2v) is 9.87. The molecule has 0 N–H and O–H groups in total. The molecular formula is C29H25F3N4O4. The summed E-state index contributed by atoms with van der Waals surface area (Å²) in [5.41, 5.74) is 2.86. The summed E-state index contributed by atoms with van der Waals surface area (Å²) in [7, 11) is 2.99. The van der Waals surface area contributed by atoms with E-state index in [2.05, 4.69) is 15.4 Å². The zero-order chi connectivity index (χ0) is 28.0. The molecule has 0 saturated carbocycles. The van der Waals surface area contributed by atoms with E-state index >= 15 is 0 Å². The van der Waals surface area contributed by atoms with Gasteiger partial charge in [0.05, 0.1) is 32.7 Å². The number of methoxy groups -OCH3 is 1. The first-order valence-corrected chi connectivity index (χ1v) is 12.8. The van der Waals surface area contributed by atoms with Crippen LogP contribution in [-0.4, -0.2) is 39.9 Å². The Labute approximate surface area is 227 Å². The van der Waals surface area contributed by atoms with E-state index in [4.69, 9.17) is 14.2 Å². The van der Waals surface area contributed by atoms with Crippen molar-refractivity contribution in [2.75, 3.05) is 13.7 Å². The molecule has 0 saturated heterocycles. The summed E-state index contributed by atoms with van der Waals surface area (Å²) in [4.78, 5) is 13.0. The van der Waals surface area contributed by atoms with E-state index in [0.717, 1.165) is 17.2 Å². The molecule has 1 unspecified atom stereocenters. The molecule has 6 rings (SSSR count). The molecule has 4 aromatic rings. The summed E-state index contributed by atoms with van der Waals surface area (Å²) in [6, 6.07) is 14.8. The van der Waals surface area contributed by atoms with Crippen LogP contribution in [0.25, 0.3) is 22.5 Å². The summed E-state index contributed by atoms with van der Waals surface area (Å²) in [5.74, 6) is 1.18. The van der Waals surface area contributed by atoms with E-state index < -0.39 is 17.8 Å². The van der Waals surface area contributed by atoms with Crippen molar-refractivity contribution < 1.29 is 32.2 Å². The number of hydrogen-bond donors (Lipinski definition) is 0. The summed E-state index contributed by atoms with van der Waals surface area (Å²) in [6.45, 7) is 0.370. The number of tetrazole rings is 1. The minimum absolute atomic E-state index is 0.0943. The SMILES string of the molecule is COC(=O)CC1COc2cc(O[C@@H]3CCc4c3ccc(C(F)(F)F)c4-c3ccc(-c4nnn(C)n4)cc3)ccc21. The Morgan fingerprint density at radius 1 is 1.07 bits per heavy atom. The molecule has 2 atom stereocenters. The van der Waals surface area contributed by atoms with Gasteiger partial charge >= 0.3 is 12.1 Å². The largest absolute Gasteiger partial charge is 0.492 e. The number of ether oxygens (including phenoxy) is 3. The number of aryl methyl sites for hydroxylation is 1. The summed E-state index contributed by atoms with van der Waals surface area (Å²) in [5, 5.41) is 11.9. The third-order valence-electron chi connectivity index (χ3n) is 7.38. The van der Waals surface area contributed by atoms with Crippen LogP contribution >= 0.6 is 0 Å². The van der Waals surface area contributed by atoms with Crippen LogP contribution in [0.3, 0.4) is 0 Å². The maximum absolute atomic E-state index is 14.1. The van der Waals surface area contributed by atoms with Crippen molar-refractivity contribution in [1.29, 1.82) is 0 Å². The van der Waals surface area contributed by atoms with E-state index in [1.807, 2.05) is 6.07 Å². The van der Waals surface area contributed by atoms with Gasteiger partial charge in [0.15, 0.2) is 0 Å². The lowest BCUT2D eigenvalue weighted by Gasteiger charge is -2.20. The monoisotopic (exact) mass is 550 g/mol. The van der Waals surface area contributed by atoms with Crippen LogP contribution in [0, 0.1) is 0 Å². The zero-order valence-corrected chi connectivity index (χ0v) is 21.7. The Hall–Kier alpha value is -4.41. The number of carbonyl (C=O) groups excluding carboxylic acids is 1. The maximum atomic E-state index is 14.1. The number of alkyl halides is 3. The summed E-state index contributed by atoms with van der Waals surface area (Å²) in [6.07, 6.45) is -3.74. The van der Waals surface area contributed by atoms with Crippen LogP contribution in [0.1, 0.15) is 47.1 Å². The van der Waals surface area contributed by atoms with Crippen LogP contribution in [0.5, 0.6) is 11.5 Å². The molecule has 0 radical (unpaired) electrons. The number of nitrogens with zero attached hydrogens (tertiary/aromatic N) is 4. The second-order valence-electron chi connectivity index (χ2n) is 9.87. The quantitative estimate of drug-likeness (QED) is 0.286. The van der Waals surface area contributed by atoms with E-state index in [1.54, 1.807) is 43.4 Å². The smallest absolute Gasteiger partial charge is 0.417 e. The molecule has 11 heteroatoms. The van der Waals surface area contributed by atoms with Crippen LogP contribution in [0.4, 0.5) is 13.2 Å². The van der Waals surface area contributed by atoms with Crippen LogP contribution in [0.2, 0.25) is 0 Å². The molecule has 206 valence electrons. The molecule has 2 aliphatic rings. The van der Waals surface area contributed by atoms with Crippen molar-refractivity contribution in [3.63, 3.8) is 0 Å². The molecule has 0 amide bonds. The van der Waals surface area contributed by atoms with Gasteiger partial charge in [-0.05, 0) is 52.4 Å². The fourth-order valence-electron chi connectivity index (χ4n) is 5.49. The number of esters is 1. The average Bonchev–Trinajstić information content (AvgIpc) is 3.66. The minimum Gasteiger partial charge on any atom is -0.492 e. The number of benzene rings is 3. The van der Waals surface area contributed by atoms with Gasteiger partial charge in [-0.3, -0.25) is 4.79 Å². The Morgan fingerprint density at radius 2 is 1.82 bits per heavy atom. The highest BCUT2D eigenvalue weighted by atomic mass is 19.4. The minimum atomic E-state index is -4.52. The first-order valence-electron chi connectivity index (χ1n) is 12.8. The van der Waals surface area contributed by atoms with Crippen LogP contribution in [0.15, 0.2) is 54.6 Å². The molecular weight excluding hydrogens is 525 g/mol. The summed E-state index contributed by atoms with van der Waals surface area (Å²) >= 11 is 0. The second kappa shape index (κ2) is 9.96. The third-order valence-corrected chi connectivity index (χ3v) is 7.38. The van der Waals surface area contributed by atoms with Gasteiger partial charge in [-0.2, -0.15) is 18.0 Å². The zero-order valence-electron chi connectivity index (χ0n) is 21.7. The van der Waals surface area contributed by atoms with Gasteiger partial charge in [-0.1, -0.05) is 36.4 Å². The van der Waals surface area contributed by atoms with Crippen molar-refractivity contribution in [2.45, 2.75) is 37.5 Å². The normalized spacial score (nSPS) is 17.7. The van der Waals surface area contributed by atoms with E-state index in [-0.39, 0.29) is 23.9 Å². The van der Waals surface area contributed by atoms with Gasteiger partial charge in [0, 0.05) is 23.1 Å². The molecule has 2 heterocycles. The molecule has 3 aromatic carbocycles. The summed E-state index contributed by atoms with van der Waals surface area (Å²) < 4.78 is 59.3. The molecule has 1 aliphatic carbocycles.